The summed E-state index contributed by atoms with van der Waals surface area (Å²) in [5.74, 6) is 2.46. The first kappa shape index (κ1) is 21.9. The van der Waals surface area contributed by atoms with Gasteiger partial charge >= 0.3 is 0 Å². The predicted octanol–water partition coefficient (Wildman–Crippen LogP) is 6.97. The van der Waals surface area contributed by atoms with Gasteiger partial charge < -0.3 is 5.32 Å². The van der Waals surface area contributed by atoms with Gasteiger partial charge in [-0.1, -0.05) is 56.1 Å². The van der Waals surface area contributed by atoms with Gasteiger partial charge in [-0.2, -0.15) is 5.10 Å². The Kier molecular flexibility index (Phi) is 5.14. The molecule has 4 nitrogen and oxygen atoms in total. The van der Waals surface area contributed by atoms with E-state index in [1.807, 2.05) is 10.7 Å². The van der Waals surface area contributed by atoms with Gasteiger partial charge in [0.15, 0.2) is 5.69 Å². The number of carbonyl (C=O) groups is 1. The molecule has 1 N–H and O–H groups in total. The van der Waals surface area contributed by atoms with Crippen LogP contribution in [0, 0.1) is 29.1 Å². The fourth-order valence-corrected chi connectivity index (χ4v) is 8.29. The minimum Gasteiger partial charge on any atom is -0.350 e. The van der Waals surface area contributed by atoms with Crippen molar-refractivity contribution in [1.29, 1.82) is 0 Å². The number of amides is 1. The van der Waals surface area contributed by atoms with Gasteiger partial charge in [-0.25, -0.2) is 4.68 Å². The summed E-state index contributed by atoms with van der Waals surface area (Å²) in [4.78, 5) is 14.6. The average Bonchev–Trinajstić information content (AvgIpc) is 3.41. The van der Waals surface area contributed by atoms with Crippen LogP contribution in [0.5, 0.6) is 0 Å². The van der Waals surface area contributed by atoms with Crippen molar-refractivity contribution in [1.82, 2.24) is 15.1 Å². The van der Waals surface area contributed by atoms with Gasteiger partial charge in [0.1, 0.15) is 0 Å². The highest BCUT2D eigenvalue weighted by atomic mass is 35.5. The van der Waals surface area contributed by atoms with Crippen LogP contribution in [-0.2, 0) is 6.42 Å². The molecule has 5 aliphatic carbocycles. The molecule has 7 heteroatoms. The van der Waals surface area contributed by atoms with E-state index < -0.39 is 0 Å². The topological polar surface area (TPSA) is 46.9 Å². The third-order valence-electron chi connectivity index (χ3n) is 8.68. The van der Waals surface area contributed by atoms with E-state index in [1.165, 1.54) is 24.1 Å². The first-order valence-electron chi connectivity index (χ1n) is 12.0. The Morgan fingerprint density at radius 1 is 1.33 bits per heavy atom. The summed E-state index contributed by atoms with van der Waals surface area (Å²) in [7, 11) is 0. The third kappa shape index (κ3) is 3.37. The summed E-state index contributed by atoms with van der Waals surface area (Å²) in [5.41, 5.74) is 4.82. The number of carbonyl (C=O) groups excluding carboxylic acids is 1. The molecule has 0 radical (unpaired) electrons. The van der Waals surface area contributed by atoms with E-state index in [9.17, 15) is 4.79 Å². The minimum atomic E-state index is -0.0737. The highest BCUT2D eigenvalue weighted by Crippen LogP contribution is 2.61. The number of rotatable bonds is 4. The van der Waals surface area contributed by atoms with E-state index in [0.29, 0.717) is 40.3 Å². The zero-order valence-electron chi connectivity index (χ0n) is 19.3. The summed E-state index contributed by atoms with van der Waals surface area (Å²) >= 11 is 14.6. The second-order valence-electron chi connectivity index (χ2n) is 10.9. The van der Waals surface area contributed by atoms with Gasteiger partial charge in [-0.05, 0) is 60.8 Å². The fourth-order valence-electron chi connectivity index (χ4n) is 6.64. The van der Waals surface area contributed by atoms with Crippen LogP contribution in [0.2, 0.25) is 4.34 Å². The van der Waals surface area contributed by atoms with E-state index in [2.05, 4.69) is 38.2 Å². The molecule has 174 valence electrons. The number of allylic oxidation sites excluding steroid dienone is 4. The molecular formula is C26H29Cl2N3OS. The Morgan fingerprint density at radius 2 is 2.15 bits per heavy atom. The van der Waals surface area contributed by atoms with E-state index in [-0.39, 0.29) is 5.91 Å². The summed E-state index contributed by atoms with van der Waals surface area (Å²) in [6.45, 7) is 7.67. The van der Waals surface area contributed by atoms with Gasteiger partial charge in [0, 0.05) is 29.0 Å². The number of thiophene rings is 1. The van der Waals surface area contributed by atoms with Crippen molar-refractivity contribution in [2.45, 2.75) is 52.9 Å². The Morgan fingerprint density at radius 3 is 2.88 bits per heavy atom. The van der Waals surface area contributed by atoms with Crippen molar-refractivity contribution in [3.05, 3.63) is 43.7 Å². The highest BCUT2D eigenvalue weighted by molar-refractivity contribution is 7.16. The third-order valence-corrected chi connectivity index (χ3v) is 10.3. The minimum absolute atomic E-state index is 0.0737. The Hall–Kier alpha value is -1.56. The highest BCUT2D eigenvalue weighted by Gasteiger charge is 2.54. The van der Waals surface area contributed by atoms with Crippen LogP contribution in [0.3, 0.4) is 0 Å². The summed E-state index contributed by atoms with van der Waals surface area (Å²) in [5, 5.41) is 8.77. The second kappa shape index (κ2) is 7.73. The van der Waals surface area contributed by atoms with Crippen molar-refractivity contribution >= 4 is 46.1 Å². The van der Waals surface area contributed by atoms with Gasteiger partial charge in [-0.15, -0.1) is 11.3 Å². The van der Waals surface area contributed by atoms with Gasteiger partial charge in [0.25, 0.3) is 5.91 Å². The lowest BCUT2D eigenvalue weighted by Crippen LogP contribution is -2.54. The number of nitrogens with zero attached hydrogens (tertiary/aromatic N) is 2. The van der Waals surface area contributed by atoms with Crippen molar-refractivity contribution < 1.29 is 4.79 Å². The maximum Gasteiger partial charge on any atom is 0.272 e. The molecule has 1 amide bonds. The van der Waals surface area contributed by atoms with Gasteiger partial charge in [-0.3, -0.25) is 4.79 Å². The zero-order valence-corrected chi connectivity index (χ0v) is 21.6. The number of hydrogen-bond acceptors (Lipinski definition) is 3. The molecule has 4 atom stereocenters. The molecule has 33 heavy (non-hydrogen) atoms. The molecule has 0 aliphatic heterocycles. The Balaban J connectivity index is 1.31. The molecule has 7 rings (SSSR count). The van der Waals surface area contributed by atoms with Crippen molar-refractivity contribution in [2.24, 2.45) is 29.1 Å². The van der Waals surface area contributed by atoms with Crippen LogP contribution < -0.4 is 5.32 Å². The number of fused-ring (bicyclic) bond motifs is 5. The van der Waals surface area contributed by atoms with Crippen molar-refractivity contribution in [2.75, 3.05) is 6.54 Å². The quantitative estimate of drug-likeness (QED) is 0.419. The van der Waals surface area contributed by atoms with Crippen LogP contribution in [0.4, 0.5) is 0 Å². The molecular weight excluding hydrogens is 473 g/mol. The number of nitrogens with one attached hydrogen (secondary N) is 1. The SMILES string of the molecule is CC1C=C(Cl)C(n2nc(C(=O)NCC3CCC4CC3C4(C)C)c3c2-c2cc(Cl)sc2C3)=CC1. The summed E-state index contributed by atoms with van der Waals surface area (Å²) in [6.07, 6.45) is 9.60. The van der Waals surface area contributed by atoms with Crippen molar-refractivity contribution in [3.8, 4) is 11.3 Å². The van der Waals surface area contributed by atoms with Crippen LogP contribution in [-0.4, -0.2) is 22.2 Å². The van der Waals surface area contributed by atoms with Crippen LogP contribution in [0.1, 0.15) is 67.4 Å². The van der Waals surface area contributed by atoms with Crippen LogP contribution >= 0.6 is 34.5 Å². The zero-order chi connectivity index (χ0) is 23.1. The van der Waals surface area contributed by atoms with E-state index in [4.69, 9.17) is 28.3 Å². The molecule has 0 spiro atoms. The maximum absolute atomic E-state index is 13.4. The first-order valence-corrected chi connectivity index (χ1v) is 13.6. The molecule has 2 heterocycles. The fraction of sp³-hybridized carbons (Fsp3) is 0.538. The molecule has 4 unspecified atom stereocenters. The average molecular weight is 503 g/mol. The lowest BCUT2D eigenvalue weighted by molar-refractivity contribution is -0.103. The Labute approximate surface area is 209 Å². The van der Waals surface area contributed by atoms with E-state index >= 15 is 0 Å². The monoisotopic (exact) mass is 501 g/mol. The summed E-state index contributed by atoms with van der Waals surface area (Å²) in [6, 6.07) is 1.99. The van der Waals surface area contributed by atoms with E-state index in [1.54, 1.807) is 11.3 Å². The van der Waals surface area contributed by atoms with Gasteiger partial charge in [0.05, 0.1) is 20.8 Å². The lowest BCUT2D eigenvalue weighted by atomic mass is 9.45. The lowest BCUT2D eigenvalue weighted by Gasteiger charge is -2.60. The molecule has 3 fully saturated rings. The van der Waals surface area contributed by atoms with Crippen LogP contribution in [0.25, 0.3) is 17.0 Å². The van der Waals surface area contributed by atoms with Crippen LogP contribution in [0.15, 0.2) is 23.3 Å². The second-order valence-corrected chi connectivity index (χ2v) is 13.1. The predicted molar refractivity (Wildman–Crippen MR) is 136 cm³/mol. The molecule has 5 aliphatic rings. The molecule has 0 aromatic carbocycles. The molecule has 2 aromatic heterocycles. The molecule has 0 saturated heterocycles. The molecule has 3 saturated carbocycles. The number of aromatic nitrogens is 2. The Bertz CT molecular complexity index is 1220. The molecule has 2 bridgehead atoms. The van der Waals surface area contributed by atoms with E-state index in [0.717, 1.165) is 45.7 Å². The number of hydrogen-bond donors (Lipinski definition) is 1. The standard InChI is InChI=1S/C26H29Cl2N3OS/c1-13-4-7-20(19(27)8-13)31-24-16-11-22(28)33-21(16)10-17(24)23(30-31)25(32)29-12-14-5-6-15-9-18(14)26(15,2)3/h7-8,11,13-15,18H,4-6,9-10,12H2,1-3H3,(H,29,32). The first-order chi connectivity index (χ1) is 15.7. The summed E-state index contributed by atoms with van der Waals surface area (Å²) < 4.78 is 2.64. The number of halogens is 2. The molecule has 2 aromatic rings. The van der Waals surface area contributed by atoms with Gasteiger partial charge in [0.2, 0.25) is 0 Å². The normalized spacial score (nSPS) is 29.0. The largest absolute Gasteiger partial charge is 0.350 e. The smallest absolute Gasteiger partial charge is 0.272 e. The van der Waals surface area contributed by atoms with Crippen molar-refractivity contribution in [3.63, 3.8) is 0 Å². The maximum atomic E-state index is 13.4.